The molecule has 0 radical (unpaired) electrons. The first-order chi connectivity index (χ1) is 13.1. The first-order valence-corrected chi connectivity index (χ1v) is 10.5. The van der Waals surface area contributed by atoms with Crippen LogP contribution in [0.1, 0.15) is 54.2 Å². The number of nitrogens with zero attached hydrogens (tertiary/aromatic N) is 2. The summed E-state index contributed by atoms with van der Waals surface area (Å²) in [5.74, 6) is -0.0678. The number of carbonyl (C=O) groups excluding carboxylic acids is 1. The van der Waals surface area contributed by atoms with Gasteiger partial charge >= 0.3 is 0 Å². The van der Waals surface area contributed by atoms with Gasteiger partial charge in [-0.15, -0.1) is 11.3 Å². The number of rotatable bonds is 8. The lowest BCUT2D eigenvalue weighted by molar-refractivity contribution is 0.0945. The highest BCUT2D eigenvalue weighted by Crippen LogP contribution is 2.27. The molecule has 0 aliphatic carbocycles. The third-order valence-corrected chi connectivity index (χ3v) is 5.50. The highest BCUT2D eigenvalue weighted by atomic mass is 32.1. The topological polar surface area (TPSA) is 46.9 Å². The van der Waals surface area contributed by atoms with Gasteiger partial charge in [-0.1, -0.05) is 49.9 Å². The smallest absolute Gasteiger partial charge is 0.270 e. The quantitative estimate of drug-likeness (QED) is 0.522. The van der Waals surface area contributed by atoms with Gasteiger partial charge in [0.05, 0.1) is 10.6 Å². The Hall–Kier alpha value is -2.40. The first-order valence-electron chi connectivity index (χ1n) is 9.60. The van der Waals surface area contributed by atoms with Gasteiger partial charge in [-0.05, 0) is 49.4 Å². The Labute approximate surface area is 165 Å². The van der Waals surface area contributed by atoms with Crippen LogP contribution in [0.5, 0.6) is 0 Å². The Morgan fingerprint density at radius 3 is 2.70 bits per heavy atom. The second-order valence-corrected chi connectivity index (χ2v) is 7.86. The van der Waals surface area contributed by atoms with E-state index in [1.165, 1.54) is 18.4 Å². The standard InChI is InChI=1S/C22H27N3OS/c1-4-5-6-7-12-23-22(26)20-15-18(21-9-8-13-27-21)24-25(20)19-11-10-16(2)14-17(19)3/h8-11,13-15H,4-7,12H2,1-3H3,(H,23,26). The van der Waals surface area contributed by atoms with Crippen LogP contribution in [0.4, 0.5) is 0 Å². The number of carbonyl (C=O) groups is 1. The lowest BCUT2D eigenvalue weighted by Gasteiger charge is -2.11. The van der Waals surface area contributed by atoms with Crippen LogP contribution in [0.15, 0.2) is 41.8 Å². The zero-order valence-electron chi connectivity index (χ0n) is 16.3. The molecular weight excluding hydrogens is 354 g/mol. The number of nitrogens with one attached hydrogen (secondary N) is 1. The number of thiophene rings is 1. The Bertz CT molecular complexity index is 896. The Morgan fingerprint density at radius 2 is 2.00 bits per heavy atom. The largest absolute Gasteiger partial charge is 0.351 e. The van der Waals surface area contributed by atoms with Crippen LogP contribution in [-0.2, 0) is 0 Å². The molecule has 3 rings (SSSR count). The van der Waals surface area contributed by atoms with Gasteiger partial charge in [-0.2, -0.15) is 5.10 Å². The second-order valence-electron chi connectivity index (χ2n) is 6.91. The zero-order valence-corrected chi connectivity index (χ0v) is 17.1. The van der Waals surface area contributed by atoms with Crippen molar-refractivity contribution in [2.75, 3.05) is 6.54 Å². The average Bonchev–Trinajstić information content (AvgIpc) is 3.31. The fraction of sp³-hybridized carbons (Fsp3) is 0.364. The fourth-order valence-corrected chi connectivity index (χ4v) is 3.84. The minimum absolute atomic E-state index is 0.0678. The van der Waals surface area contributed by atoms with Gasteiger partial charge in [0.1, 0.15) is 11.4 Å². The van der Waals surface area contributed by atoms with Gasteiger partial charge < -0.3 is 5.32 Å². The average molecular weight is 382 g/mol. The lowest BCUT2D eigenvalue weighted by Crippen LogP contribution is -2.27. The molecule has 0 saturated heterocycles. The maximum absolute atomic E-state index is 12.9. The summed E-state index contributed by atoms with van der Waals surface area (Å²) in [5, 5.41) is 9.85. The summed E-state index contributed by atoms with van der Waals surface area (Å²) in [4.78, 5) is 13.9. The molecule has 2 aromatic heterocycles. The van der Waals surface area contributed by atoms with E-state index in [0.717, 1.165) is 34.7 Å². The molecule has 0 fully saturated rings. The molecule has 1 aromatic carbocycles. The molecule has 5 heteroatoms. The van der Waals surface area contributed by atoms with Crippen molar-refractivity contribution in [3.05, 3.63) is 58.6 Å². The van der Waals surface area contributed by atoms with Gasteiger partial charge in [-0.3, -0.25) is 4.79 Å². The molecule has 27 heavy (non-hydrogen) atoms. The molecule has 0 atom stereocenters. The monoisotopic (exact) mass is 381 g/mol. The molecule has 142 valence electrons. The van der Waals surface area contributed by atoms with E-state index in [1.54, 1.807) is 16.0 Å². The van der Waals surface area contributed by atoms with Crippen LogP contribution in [0.25, 0.3) is 16.3 Å². The lowest BCUT2D eigenvalue weighted by atomic mass is 10.1. The molecule has 3 aromatic rings. The Balaban J connectivity index is 1.90. The summed E-state index contributed by atoms with van der Waals surface area (Å²) in [7, 11) is 0. The molecule has 1 N–H and O–H groups in total. The van der Waals surface area contributed by atoms with Gasteiger partial charge in [0, 0.05) is 6.54 Å². The molecule has 4 nitrogen and oxygen atoms in total. The summed E-state index contributed by atoms with van der Waals surface area (Å²) in [6, 6.07) is 12.1. The highest BCUT2D eigenvalue weighted by molar-refractivity contribution is 7.13. The van der Waals surface area contributed by atoms with Crippen molar-refractivity contribution in [1.82, 2.24) is 15.1 Å². The van der Waals surface area contributed by atoms with E-state index in [1.807, 2.05) is 29.6 Å². The maximum Gasteiger partial charge on any atom is 0.270 e. The van der Waals surface area contributed by atoms with Gasteiger partial charge in [-0.25, -0.2) is 4.68 Å². The van der Waals surface area contributed by atoms with Crippen molar-refractivity contribution in [1.29, 1.82) is 0 Å². The fourth-order valence-electron chi connectivity index (χ4n) is 3.16. The van der Waals surface area contributed by atoms with Gasteiger partial charge in [0.2, 0.25) is 0 Å². The third kappa shape index (κ3) is 4.66. The zero-order chi connectivity index (χ0) is 19.2. The summed E-state index contributed by atoms with van der Waals surface area (Å²) in [5.41, 5.74) is 4.66. The molecule has 0 bridgehead atoms. The van der Waals surface area contributed by atoms with Crippen LogP contribution in [0.2, 0.25) is 0 Å². The van der Waals surface area contributed by atoms with Crippen LogP contribution >= 0.6 is 11.3 Å². The predicted molar refractivity (Wildman–Crippen MR) is 113 cm³/mol. The van der Waals surface area contributed by atoms with E-state index < -0.39 is 0 Å². The number of unbranched alkanes of at least 4 members (excludes halogenated alkanes) is 3. The van der Waals surface area contributed by atoms with E-state index in [0.29, 0.717) is 12.2 Å². The molecule has 0 aliphatic heterocycles. The number of amides is 1. The summed E-state index contributed by atoms with van der Waals surface area (Å²) >= 11 is 1.63. The molecule has 1 amide bonds. The molecular formula is C22H27N3OS. The van der Waals surface area contributed by atoms with E-state index in [4.69, 9.17) is 5.10 Å². The molecule has 0 saturated carbocycles. The van der Waals surface area contributed by atoms with Crippen LogP contribution in [0.3, 0.4) is 0 Å². The van der Waals surface area contributed by atoms with Crippen LogP contribution in [-0.4, -0.2) is 22.2 Å². The minimum atomic E-state index is -0.0678. The van der Waals surface area contributed by atoms with Crippen molar-refractivity contribution in [2.24, 2.45) is 0 Å². The summed E-state index contributed by atoms with van der Waals surface area (Å²) in [6.45, 7) is 7.01. The number of aromatic nitrogens is 2. The number of aryl methyl sites for hydroxylation is 2. The predicted octanol–water partition coefficient (Wildman–Crippen LogP) is 5.53. The van der Waals surface area contributed by atoms with Gasteiger partial charge in [0.15, 0.2) is 0 Å². The van der Waals surface area contributed by atoms with E-state index in [2.05, 4.69) is 38.2 Å². The van der Waals surface area contributed by atoms with Crippen molar-refractivity contribution in [3.8, 4) is 16.3 Å². The number of hydrogen-bond donors (Lipinski definition) is 1. The van der Waals surface area contributed by atoms with Crippen molar-refractivity contribution >= 4 is 17.2 Å². The molecule has 2 heterocycles. The minimum Gasteiger partial charge on any atom is -0.351 e. The Morgan fingerprint density at radius 1 is 1.15 bits per heavy atom. The summed E-state index contributed by atoms with van der Waals surface area (Å²) < 4.78 is 1.78. The van der Waals surface area contributed by atoms with Crippen molar-refractivity contribution in [2.45, 2.75) is 46.5 Å². The van der Waals surface area contributed by atoms with Crippen LogP contribution in [0, 0.1) is 13.8 Å². The normalized spacial score (nSPS) is 10.9. The first kappa shape index (κ1) is 19.4. The van der Waals surface area contributed by atoms with E-state index in [9.17, 15) is 4.79 Å². The van der Waals surface area contributed by atoms with Crippen molar-refractivity contribution in [3.63, 3.8) is 0 Å². The third-order valence-electron chi connectivity index (χ3n) is 4.61. The SMILES string of the molecule is CCCCCCNC(=O)c1cc(-c2cccs2)nn1-c1ccc(C)cc1C. The molecule has 0 unspecified atom stereocenters. The Kier molecular flexibility index (Phi) is 6.45. The van der Waals surface area contributed by atoms with Gasteiger partial charge in [0.25, 0.3) is 5.91 Å². The number of hydrogen-bond acceptors (Lipinski definition) is 3. The molecule has 0 aliphatic rings. The van der Waals surface area contributed by atoms with E-state index >= 15 is 0 Å². The number of benzene rings is 1. The second kappa shape index (κ2) is 9.00. The summed E-state index contributed by atoms with van der Waals surface area (Å²) in [6.07, 6.45) is 4.55. The van der Waals surface area contributed by atoms with Crippen molar-refractivity contribution < 1.29 is 4.79 Å². The van der Waals surface area contributed by atoms with Crippen LogP contribution < -0.4 is 5.32 Å². The van der Waals surface area contributed by atoms with E-state index in [-0.39, 0.29) is 5.91 Å². The highest BCUT2D eigenvalue weighted by Gasteiger charge is 2.18. The maximum atomic E-state index is 12.9. The molecule has 0 spiro atoms.